The van der Waals surface area contributed by atoms with Gasteiger partial charge >= 0.3 is 5.97 Å². The molecule has 0 radical (unpaired) electrons. The summed E-state index contributed by atoms with van der Waals surface area (Å²) >= 11 is 0. The fourth-order valence-electron chi connectivity index (χ4n) is 2.92. The van der Waals surface area contributed by atoms with Gasteiger partial charge in [-0.2, -0.15) is 0 Å². The van der Waals surface area contributed by atoms with Gasteiger partial charge in [0.1, 0.15) is 0 Å². The van der Waals surface area contributed by atoms with Crippen molar-refractivity contribution in [2.45, 2.75) is 39.2 Å². The molecule has 0 bridgehead atoms. The Hall–Kier alpha value is -1.35. The molecule has 2 unspecified atom stereocenters. The van der Waals surface area contributed by atoms with Gasteiger partial charge in [-0.05, 0) is 44.7 Å². The highest BCUT2D eigenvalue weighted by Crippen LogP contribution is 2.29. The first kappa shape index (κ1) is 14.1. The van der Waals surface area contributed by atoms with Gasteiger partial charge in [0.15, 0.2) is 0 Å². The second-order valence-corrected chi connectivity index (χ2v) is 5.67. The Morgan fingerprint density at radius 2 is 2.32 bits per heavy atom. The number of carboxylic acid groups (broad SMARTS) is 1. The van der Waals surface area contributed by atoms with Crippen LogP contribution in [0.1, 0.15) is 43.4 Å². The highest BCUT2D eigenvalue weighted by atomic mass is 16.4. The lowest BCUT2D eigenvalue weighted by Gasteiger charge is -2.25. The molecule has 0 aliphatic carbocycles. The first-order chi connectivity index (χ1) is 9.06. The minimum absolute atomic E-state index is 0.303. The van der Waals surface area contributed by atoms with E-state index < -0.39 is 5.97 Å². The predicted octanol–water partition coefficient (Wildman–Crippen LogP) is 3.24. The molecule has 1 aromatic carbocycles. The lowest BCUT2D eigenvalue weighted by Crippen LogP contribution is -2.24. The number of benzene rings is 1. The second-order valence-electron chi connectivity index (χ2n) is 5.67. The molecule has 2 atom stereocenters. The maximum absolute atomic E-state index is 10.6. The molecule has 104 valence electrons. The van der Waals surface area contributed by atoms with Crippen LogP contribution in [0.25, 0.3) is 0 Å². The molecule has 3 heteroatoms. The molecule has 1 N–H and O–H groups in total. The summed E-state index contributed by atoms with van der Waals surface area (Å²) in [7, 11) is 0. The molecule has 1 heterocycles. The van der Waals surface area contributed by atoms with Gasteiger partial charge in [-0.15, -0.1) is 0 Å². The first-order valence-corrected chi connectivity index (χ1v) is 7.08. The number of carboxylic acids is 1. The third-order valence-corrected chi connectivity index (χ3v) is 4.16. The molecule has 3 nitrogen and oxygen atoms in total. The van der Waals surface area contributed by atoms with E-state index in [2.05, 4.69) is 43.0 Å². The third kappa shape index (κ3) is 3.80. The Morgan fingerprint density at radius 1 is 1.53 bits per heavy atom. The fourth-order valence-corrected chi connectivity index (χ4v) is 2.92. The van der Waals surface area contributed by atoms with Crippen molar-refractivity contribution in [2.24, 2.45) is 5.92 Å². The van der Waals surface area contributed by atoms with Crippen molar-refractivity contribution in [1.82, 2.24) is 4.90 Å². The van der Waals surface area contributed by atoms with Crippen LogP contribution in [0.2, 0.25) is 0 Å². The number of aryl methyl sites for hydroxylation is 1. The van der Waals surface area contributed by atoms with E-state index in [1.54, 1.807) is 0 Å². The summed E-state index contributed by atoms with van der Waals surface area (Å²) in [5.74, 6) is -0.131. The molecule has 0 spiro atoms. The van der Waals surface area contributed by atoms with E-state index in [1.165, 1.54) is 11.1 Å². The number of hydrogen-bond acceptors (Lipinski definition) is 2. The van der Waals surface area contributed by atoms with Gasteiger partial charge in [-0.25, -0.2) is 0 Å². The third-order valence-electron chi connectivity index (χ3n) is 4.16. The van der Waals surface area contributed by atoms with Gasteiger partial charge in [0.25, 0.3) is 0 Å². The lowest BCUT2D eigenvalue weighted by atomic mass is 10.0. The Bertz CT molecular complexity index is 444. The van der Waals surface area contributed by atoms with Gasteiger partial charge in [0.2, 0.25) is 0 Å². The number of likely N-dealkylation sites (tertiary alicyclic amines) is 1. The van der Waals surface area contributed by atoms with Crippen LogP contribution in [0.15, 0.2) is 24.3 Å². The molecular weight excluding hydrogens is 238 g/mol. The molecule has 0 aromatic heterocycles. The Morgan fingerprint density at radius 3 is 3.00 bits per heavy atom. The van der Waals surface area contributed by atoms with E-state index >= 15 is 0 Å². The van der Waals surface area contributed by atoms with Gasteiger partial charge in [0, 0.05) is 19.0 Å². The van der Waals surface area contributed by atoms with E-state index in [-0.39, 0.29) is 0 Å². The Balaban J connectivity index is 1.91. The maximum atomic E-state index is 10.6. The van der Waals surface area contributed by atoms with Crippen LogP contribution in [0.3, 0.4) is 0 Å². The molecule has 1 aliphatic rings. The fraction of sp³-hybridized carbons (Fsp3) is 0.562. The summed E-state index contributed by atoms with van der Waals surface area (Å²) in [5, 5.41) is 8.74. The topological polar surface area (TPSA) is 40.5 Å². The van der Waals surface area contributed by atoms with Crippen LogP contribution in [0, 0.1) is 12.8 Å². The van der Waals surface area contributed by atoms with E-state index in [0.29, 0.717) is 18.4 Å². The van der Waals surface area contributed by atoms with Crippen molar-refractivity contribution < 1.29 is 9.90 Å². The van der Waals surface area contributed by atoms with Crippen molar-refractivity contribution in [3.63, 3.8) is 0 Å². The molecule has 1 saturated heterocycles. The summed E-state index contributed by atoms with van der Waals surface area (Å²) in [4.78, 5) is 13.1. The van der Waals surface area contributed by atoms with Crippen LogP contribution in [0.4, 0.5) is 0 Å². The van der Waals surface area contributed by atoms with Crippen LogP contribution in [0.5, 0.6) is 0 Å². The van der Waals surface area contributed by atoms with Crippen LogP contribution < -0.4 is 0 Å². The second kappa shape index (κ2) is 6.20. The maximum Gasteiger partial charge on any atom is 0.303 e. The zero-order valence-electron chi connectivity index (χ0n) is 11.8. The standard InChI is InChI=1S/C16H23NO2/c1-12-4-3-5-15(10-12)13(2)17-9-8-14(11-17)6-7-16(18)19/h3-5,10,13-14H,6-9,11H2,1-2H3,(H,18,19). The zero-order valence-corrected chi connectivity index (χ0v) is 11.8. The predicted molar refractivity (Wildman–Crippen MR) is 76.1 cm³/mol. The summed E-state index contributed by atoms with van der Waals surface area (Å²) in [6, 6.07) is 9.08. The minimum atomic E-state index is -0.676. The number of nitrogens with zero attached hydrogens (tertiary/aromatic N) is 1. The summed E-state index contributed by atoms with van der Waals surface area (Å²) in [5.41, 5.74) is 2.66. The summed E-state index contributed by atoms with van der Waals surface area (Å²) in [6.07, 6.45) is 2.24. The van der Waals surface area contributed by atoms with Gasteiger partial charge < -0.3 is 5.11 Å². The smallest absolute Gasteiger partial charge is 0.303 e. The Labute approximate surface area is 115 Å². The van der Waals surface area contributed by atoms with Gasteiger partial charge in [-0.1, -0.05) is 29.8 Å². The molecule has 0 amide bonds. The van der Waals surface area contributed by atoms with E-state index in [0.717, 1.165) is 25.9 Å². The zero-order chi connectivity index (χ0) is 13.8. The van der Waals surface area contributed by atoms with E-state index in [9.17, 15) is 4.79 Å². The molecule has 1 aromatic rings. The van der Waals surface area contributed by atoms with E-state index in [4.69, 9.17) is 5.11 Å². The first-order valence-electron chi connectivity index (χ1n) is 7.08. The highest BCUT2D eigenvalue weighted by molar-refractivity contribution is 5.66. The lowest BCUT2D eigenvalue weighted by molar-refractivity contribution is -0.137. The van der Waals surface area contributed by atoms with Gasteiger partial charge in [0.05, 0.1) is 0 Å². The SMILES string of the molecule is Cc1cccc(C(C)N2CCC(CCC(=O)O)C2)c1. The molecule has 1 fully saturated rings. The average molecular weight is 261 g/mol. The quantitative estimate of drug-likeness (QED) is 0.884. The summed E-state index contributed by atoms with van der Waals surface area (Å²) in [6.45, 7) is 6.48. The molecule has 19 heavy (non-hydrogen) atoms. The Kier molecular flexibility index (Phi) is 4.59. The number of aliphatic carboxylic acids is 1. The molecular formula is C16H23NO2. The number of carbonyl (C=O) groups is 1. The monoisotopic (exact) mass is 261 g/mol. The molecule has 0 saturated carbocycles. The number of rotatable bonds is 5. The van der Waals surface area contributed by atoms with Crippen LogP contribution >= 0.6 is 0 Å². The largest absolute Gasteiger partial charge is 0.481 e. The van der Waals surface area contributed by atoms with Crippen molar-refractivity contribution in [3.05, 3.63) is 35.4 Å². The van der Waals surface area contributed by atoms with Crippen molar-refractivity contribution >= 4 is 5.97 Å². The molecule has 2 rings (SSSR count). The van der Waals surface area contributed by atoms with Crippen molar-refractivity contribution in [2.75, 3.05) is 13.1 Å². The van der Waals surface area contributed by atoms with Crippen LogP contribution in [-0.4, -0.2) is 29.1 Å². The number of hydrogen-bond donors (Lipinski definition) is 1. The van der Waals surface area contributed by atoms with Crippen molar-refractivity contribution in [1.29, 1.82) is 0 Å². The van der Waals surface area contributed by atoms with Crippen LogP contribution in [-0.2, 0) is 4.79 Å². The van der Waals surface area contributed by atoms with Gasteiger partial charge in [-0.3, -0.25) is 9.69 Å². The molecule has 1 aliphatic heterocycles. The summed E-state index contributed by atoms with van der Waals surface area (Å²) < 4.78 is 0. The highest BCUT2D eigenvalue weighted by Gasteiger charge is 2.26. The van der Waals surface area contributed by atoms with E-state index in [1.807, 2.05) is 0 Å². The average Bonchev–Trinajstić information content (AvgIpc) is 2.84. The van der Waals surface area contributed by atoms with Crippen molar-refractivity contribution in [3.8, 4) is 0 Å². The minimum Gasteiger partial charge on any atom is -0.481 e. The normalized spacial score (nSPS) is 21.5.